The molecule has 1 aromatic carbocycles. The molecule has 0 saturated heterocycles. The molecule has 2 aliphatic carbocycles. The van der Waals surface area contributed by atoms with Crippen LogP contribution in [0.4, 0.5) is 9.59 Å². The minimum absolute atomic E-state index is 0.114. The quantitative estimate of drug-likeness (QED) is 0.474. The second-order valence-corrected chi connectivity index (χ2v) is 10.7. The van der Waals surface area contributed by atoms with Crippen molar-refractivity contribution in [2.75, 3.05) is 0 Å². The van der Waals surface area contributed by atoms with E-state index in [0.29, 0.717) is 0 Å². The smallest absolute Gasteiger partial charge is 0.315 e. The lowest BCUT2D eigenvalue weighted by Gasteiger charge is -2.33. The van der Waals surface area contributed by atoms with Crippen molar-refractivity contribution < 1.29 is 9.59 Å². The maximum Gasteiger partial charge on any atom is 0.315 e. The normalized spacial score (nSPS) is 18.6. The monoisotopic (exact) mass is 442 g/mol. The van der Waals surface area contributed by atoms with E-state index in [4.69, 9.17) is 0 Å². The summed E-state index contributed by atoms with van der Waals surface area (Å²) < 4.78 is 0. The van der Waals surface area contributed by atoms with E-state index in [9.17, 15) is 9.59 Å². The second kappa shape index (κ2) is 10.6. The van der Waals surface area contributed by atoms with Crippen molar-refractivity contribution in [1.29, 1.82) is 0 Å². The molecule has 6 nitrogen and oxygen atoms in total. The molecule has 6 heteroatoms. The van der Waals surface area contributed by atoms with Gasteiger partial charge in [-0.05, 0) is 64.5 Å². The van der Waals surface area contributed by atoms with Gasteiger partial charge < -0.3 is 21.3 Å². The van der Waals surface area contributed by atoms with E-state index in [1.54, 1.807) is 0 Å². The number of hydrogen-bond acceptors (Lipinski definition) is 2. The van der Waals surface area contributed by atoms with E-state index in [2.05, 4.69) is 27.3 Å². The Hall–Kier alpha value is -2.24. The fourth-order valence-corrected chi connectivity index (χ4v) is 4.95. The van der Waals surface area contributed by atoms with Crippen molar-refractivity contribution in [1.82, 2.24) is 21.3 Å². The van der Waals surface area contributed by atoms with E-state index in [1.165, 1.54) is 38.5 Å². The Balaban J connectivity index is 1.61. The zero-order valence-corrected chi connectivity index (χ0v) is 20.4. The maximum atomic E-state index is 12.6. The second-order valence-electron chi connectivity index (χ2n) is 10.7. The molecule has 0 atom stereocenters. The van der Waals surface area contributed by atoms with Crippen LogP contribution in [0.25, 0.3) is 0 Å². The third-order valence-electron chi connectivity index (χ3n) is 7.04. The van der Waals surface area contributed by atoms with Gasteiger partial charge in [-0.3, -0.25) is 0 Å². The average Bonchev–Trinajstić information content (AvgIpc) is 2.74. The van der Waals surface area contributed by atoms with Crippen LogP contribution in [0, 0.1) is 0 Å². The van der Waals surface area contributed by atoms with Crippen LogP contribution >= 0.6 is 0 Å². The standard InChI is InChI=1S/C26H42N4O2/c1-25(2,29-23(31)27-21-14-7-5-8-15-21)19-12-11-13-20(18-19)26(3,4)30-24(32)28-22-16-9-6-10-17-22/h11-13,18,21-22H,5-10,14-17H2,1-4H3,(H2,27,29,31)(H2,28,30,32). The molecule has 2 aliphatic rings. The lowest BCUT2D eigenvalue weighted by Crippen LogP contribution is -2.50. The van der Waals surface area contributed by atoms with E-state index in [0.717, 1.165) is 36.8 Å². The number of amides is 4. The average molecular weight is 443 g/mol. The molecule has 2 saturated carbocycles. The first-order valence-electron chi connectivity index (χ1n) is 12.4. The van der Waals surface area contributed by atoms with Crippen LogP contribution in [0.2, 0.25) is 0 Å². The van der Waals surface area contributed by atoms with Crippen molar-refractivity contribution in [2.45, 2.75) is 115 Å². The minimum Gasteiger partial charge on any atom is -0.335 e. The van der Waals surface area contributed by atoms with E-state index < -0.39 is 11.1 Å². The molecule has 4 amide bonds. The number of rotatable bonds is 6. The minimum atomic E-state index is -0.533. The van der Waals surface area contributed by atoms with Crippen LogP contribution in [0.5, 0.6) is 0 Å². The van der Waals surface area contributed by atoms with Gasteiger partial charge in [0.2, 0.25) is 0 Å². The van der Waals surface area contributed by atoms with Crippen molar-refractivity contribution in [2.24, 2.45) is 0 Å². The number of benzene rings is 1. The Morgan fingerprint density at radius 2 is 1.06 bits per heavy atom. The fourth-order valence-electron chi connectivity index (χ4n) is 4.95. The first kappa shape index (κ1) is 24.4. The van der Waals surface area contributed by atoms with Gasteiger partial charge in [-0.1, -0.05) is 62.8 Å². The Bertz CT molecular complexity index is 717. The van der Waals surface area contributed by atoms with Crippen LogP contribution in [0.1, 0.15) is 103 Å². The van der Waals surface area contributed by atoms with Gasteiger partial charge >= 0.3 is 12.1 Å². The molecule has 1 aromatic rings. The van der Waals surface area contributed by atoms with Crippen LogP contribution in [0.15, 0.2) is 24.3 Å². The Morgan fingerprint density at radius 1 is 0.688 bits per heavy atom. The summed E-state index contributed by atoms with van der Waals surface area (Å²) in [5.74, 6) is 0. The van der Waals surface area contributed by atoms with Gasteiger partial charge in [0.1, 0.15) is 0 Å². The number of carbonyl (C=O) groups excluding carboxylic acids is 2. The van der Waals surface area contributed by atoms with Gasteiger partial charge in [0, 0.05) is 12.1 Å². The summed E-state index contributed by atoms with van der Waals surface area (Å²) in [4.78, 5) is 25.3. The van der Waals surface area contributed by atoms with Crippen LogP contribution in [0.3, 0.4) is 0 Å². The fraction of sp³-hybridized carbons (Fsp3) is 0.692. The summed E-state index contributed by atoms with van der Waals surface area (Å²) >= 11 is 0. The Labute approximate surface area is 193 Å². The molecule has 0 heterocycles. The summed E-state index contributed by atoms with van der Waals surface area (Å²) in [7, 11) is 0. The highest BCUT2D eigenvalue weighted by Crippen LogP contribution is 2.27. The highest BCUT2D eigenvalue weighted by molar-refractivity contribution is 5.76. The van der Waals surface area contributed by atoms with Crippen molar-refractivity contribution in [3.05, 3.63) is 35.4 Å². The van der Waals surface area contributed by atoms with E-state index >= 15 is 0 Å². The highest BCUT2D eigenvalue weighted by Gasteiger charge is 2.29. The first-order valence-corrected chi connectivity index (χ1v) is 12.4. The molecular weight excluding hydrogens is 400 g/mol. The van der Waals surface area contributed by atoms with E-state index in [1.807, 2.05) is 45.9 Å². The van der Waals surface area contributed by atoms with Crippen molar-refractivity contribution >= 4 is 12.1 Å². The molecule has 0 bridgehead atoms. The third-order valence-corrected chi connectivity index (χ3v) is 7.04. The van der Waals surface area contributed by atoms with E-state index in [-0.39, 0.29) is 24.1 Å². The van der Waals surface area contributed by atoms with Crippen LogP contribution in [-0.2, 0) is 11.1 Å². The van der Waals surface area contributed by atoms with Crippen molar-refractivity contribution in [3.8, 4) is 0 Å². The molecule has 178 valence electrons. The van der Waals surface area contributed by atoms with Gasteiger partial charge in [-0.15, -0.1) is 0 Å². The maximum absolute atomic E-state index is 12.6. The van der Waals surface area contributed by atoms with Crippen LogP contribution in [-0.4, -0.2) is 24.1 Å². The highest BCUT2D eigenvalue weighted by atomic mass is 16.2. The Kier molecular flexibility index (Phi) is 8.07. The zero-order valence-electron chi connectivity index (χ0n) is 20.4. The number of carbonyl (C=O) groups is 2. The number of hydrogen-bond donors (Lipinski definition) is 4. The van der Waals surface area contributed by atoms with Gasteiger partial charge in [-0.2, -0.15) is 0 Å². The summed E-state index contributed by atoms with van der Waals surface area (Å²) in [6.07, 6.45) is 11.5. The molecule has 0 unspecified atom stereocenters. The Morgan fingerprint density at radius 3 is 1.44 bits per heavy atom. The molecule has 0 spiro atoms. The molecule has 3 rings (SSSR count). The van der Waals surface area contributed by atoms with Gasteiger partial charge in [0.15, 0.2) is 0 Å². The predicted molar refractivity (Wildman–Crippen MR) is 130 cm³/mol. The zero-order chi connectivity index (χ0) is 23.2. The SMILES string of the molecule is CC(C)(NC(=O)NC1CCCCC1)c1cccc(C(C)(C)NC(=O)NC2CCCCC2)c1. The molecule has 4 N–H and O–H groups in total. The lowest BCUT2D eigenvalue weighted by molar-refractivity contribution is 0.221. The topological polar surface area (TPSA) is 82.3 Å². The molecule has 2 fully saturated rings. The first-order chi connectivity index (χ1) is 15.2. The summed E-state index contributed by atoms with van der Waals surface area (Å²) in [6.45, 7) is 8.07. The molecule has 32 heavy (non-hydrogen) atoms. The number of urea groups is 2. The third kappa shape index (κ3) is 6.88. The molecule has 0 radical (unpaired) electrons. The largest absolute Gasteiger partial charge is 0.335 e. The lowest BCUT2D eigenvalue weighted by atomic mass is 9.87. The molecular formula is C26H42N4O2. The van der Waals surface area contributed by atoms with Gasteiger partial charge in [-0.25, -0.2) is 9.59 Å². The summed E-state index contributed by atoms with van der Waals surface area (Å²) in [5.41, 5.74) is 0.956. The number of nitrogens with one attached hydrogen (secondary N) is 4. The van der Waals surface area contributed by atoms with Gasteiger partial charge in [0.25, 0.3) is 0 Å². The molecule has 0 aliphatic heterocycles. The summed E-state index contributed by atoms with van der Waals surface area (Å²) in [5, 5.41) is 12.6. The predicted octanol–water partition coefficient (Wildman–Crippen LogP) is 5.42. The molecule has 0 aromatic heterocycles. The summed E-state index contributed by atoms with van der Waals surface area (Å²) in [6, 6.07) is 8.46. The van der Waals surface area contributed by atoms with Gasteiger partial charge in [0.05, 0.1) is 11.1 Å². The van der Waals surface area contributed by atoms with Crippen LogP contribution < -0.4 is 21.3 Å². The van der Waals surface area contributed by atoms with Crippen molar-refractivity contribution in [3.63, 3.8) is 0 Å².